The predicted molar refractivity (Wildman–Crippen MR) is 66.8 cm³/mol. The second kappa shape index (κ2) is 6.34. The molecule has 2 N–H and O–H groups in total. The first-order valence-electron chi connectivity index (χ1n) is 5.13. The Morgan fingerprint density at radius 3 is 2.76 bits per heavy atom. The van der Waals surface area contributed by atoms with Gasteiger partial charge in [0, 0.05) is 23.5 Å². The molecule has 1 aromatic rings. The number of hydrogen-bond acceptors (Lipinski definition) is 3. The van der Waals surface area contributed by atoms with Crippen molar-refractivity contribution in [2.45, 2.75) is 26.2 Å². The van der Waals surface area contributed by atoms with Gasteiger partial charge in [-0.15, -0.1) is 0 Å². The van der Waals surface area contributed by atoms with Crippen molar-refractivity contribution >= 4 is 33.6 Å². The number of aryl methyl sites for hydroxylation is 1. The second-order valence-electron chi connectivity index (χ2n) is 3.61. The summed E-state index contributed by atoms with van der Waals surface area (Å²) in [5.41, 5.74) is 0.853. The molecule has 0 fully saturated rings. The number of aliphatic carboxylic acids is 1. The van der Waals surface area contributed by atoms with E-state index >= 15 is 0 Å². The lowest BCUT2D eigenvalue weighted by Gasteiger charge is -2.06. The lowest BCUT2D eigenvalue weighted by molar-refractivity contribution is -0.137. The van der Waals surface area contributed by atoms with Crippen LogP contribution in [0.3, 0.4) is 0 Å². The van der Waals surface area contributed by atoms with E-state index in [1.807, 2.05) is 13.0 Å². The fraction of sp³-hybridized carbons (Fsp3) is 0.364. The number of amides is 1. The highest BCUT2D eigenvalue weighted by molar-refractivity contribution is 9.10. The van der Waals surface area contributed by atoms with Gasteiger partial charge >= 0.3 is 5.97 Å². The first-order chi connectivity index (χ1) is 7.99. The van der Waals surface area contributed by atoms with Crippen molar-refractivity contribution in [2.75, 3.05) is 5.32 Å². The van der Waals surface area contributed by atoms with Crippen LogP contribution in [0.25, 0.3) is 0 Å². The highest BCUT2D eigenvalue weighted by Crippen LogP contribution is 2.16. The van der Waals surface area contributed by atoms with Crippen LogP contribution in [-0.4, -0.2) is 22.0 Å². The molecule has 5 nitrogen and oxygen atoms in total. The number of rotatable bonds is 5. The van der Waals surface area contributed by atoms with Gasteiger partial charge < -0.3 is 10.4 Å². The number of carbonyl (C=O) groups excluding carboxylic acids is 1. The Kier molecular flexibility index (Phi) is 5.09. The van der Waals surface area contributed by atoms with E-state index in [0.717, 1.165) is 10.0 Å². The van der Waals surface area contributed by atoms with Gasteiger partial charge in [-0.25, -0.2) is 4.98 Å². The van der Waals surface area contributed by atoms with Gasteiger partial charge in [0.25, 0.3) is 0 Å². The second-order valence-corrected chi connectivity index (χ2v) is 4.53. The van der Waals surface area contributed by atoms with Crippen molar-refractivity contribution in [1.29, 1.82) is 0 Å². The molecule has 92 valence electrons. The van der Waals surface area contributed by atoms with Crippen LogP contribution in [0.4, 0.5) is 5.82 Å². The molecule has 0 saturated carbocycles. The molecule has 0 spiro atoms. The summed E-state index contributed by atoms with van der Waals surface area (Å²) in [5, 5.41) is 11.1. The smallest absolute Gasteiger partial charge is 0.303 e. The molecule has 0 aliphatic carbocycles. The van der Waals surface area contributed by atoms with Crippen LogP contribution in [0.5, 0.6) is 0 Å². The number of halogens is 1. The van der Waals surface area contributed by atoms with Gasteiger partial charge in [0.15, 0.2) is 0 Å². The van der Waals surface area contributed by atoms with Crippen LogP contribution in [0, 0.1) is 6.92 Å². The average Bonchev–Trinajstić information content (AvgIpc) is 2.21. The largest absolute Gasteiger partial charge is 0.481 e. The Morgan fingerprint density at radius 2 is 2.18 bits per heavy atom. The quantitative estimate of drug-likeness (QED) is 0.875. The van der Waals surface area contributed by atoms with Crippen molar-refractivity contribution in [2.24, 2.45) is 0 Å². The van der Waals surface area contributed by atoms with Crippen molar-refractivity contribution in [3.05, 3.63) is 22.3 Å². The number of carbonyl (C=O) groups is 2. The normalized spacial score (nSPS) is 10.0. The fourth-order valence-corrected chi connectivity index (χ4v) is 1.71. The molecule has 1 aromatic heterocycles. The topological polar surface area (TPSA) is 79.3 Å². The molecule has 0 unspecified atom stereocenters. The summed E-state index contributed by atoms with van der Waals surface area (Å²) in [5.74, 6) is -0.603. The summed E-state index contributed by atoms with van der Waals surface area (Å²) < 4.78 is 0.846. The third-order valence-corrected chi connectivity index (χ3v) is 2.53. The summed E-state index contributed by atoms with van der Waals surface area (Å²) in [6.45, 7) is 1.84. The first-order valence-corrected chi connectivity index (χ1v) is 5.92. The number of pyridine rings is 1. The summed E-state index contributed by atoms with van der Waals surface area (Å²) in [4.78, 5) is 25.8. The number of hydrogen-bond donors (Lipinski definition) is 2. The van der Waals surface area contributed by atoms with E-state index in [-0.39, 0.29) is 18.7 Å². The number of nitrogens with zero attached hydrogens (tertiary/aromatic N) is 1. The van der Waals surface area contributed by atoms with Gasteiger partial charge in [0.1, 0.15) is 5.82 Å². The Balaban J connectivity index is 2.48. The van der Waals surface area contributed by atoms with E-state index in [4.69, 9.17) is 5.11 Å². The zero-order valence-corrected chi connectivity index (χ0v) is 11.0. The van der Waals surface area contributed by atoms with Crippen LogP contribution >= 0.6 is 15.9 Å². The highest BCUT2D eigenvalue weighted by atomic mass is 79.9. The molecule has 0 bridgehead atoms. The van der Waals surface area contributed by atoms with Crippen molar-refractivity contribution in [3.8, 4) is 0 Å². The zero-order chi connectivity index (χ0) is 12.8. The molecule has 0 saturated heterocycles. The minimum absolute atomic E-state index is 0.000167. The maximum atomic E-state index is 11.5. The molecule has 6 heteroatoms. The van der Waals surface area contributed by atoms with E-state index < -0.39 is 5.97 Å². The first kappa shape index (κ1) is 13.6. The number of aromatic nitrogens is 1. The standard InChI is InChI=1S/C11H13BrN2O3/c1-7-5-8(12)6-13-11(7)14-9(15)3-2-4-10(16)17/h5-6H,2-4H2,1H3,(H,16,17)(H,13,14,15). The number of carboxylic acids is 1. The summed E-state index contributed by atoms with van der Waals surface area (Å²) in [6.07, 6.45) is 2.11. The van der Waals surface area contributed by atoms with Crippen molar-refractivity contribution in [1.82, 2.24) is 4.98 Å². The minimum atomic E-state index is -0.893. The molecule has 0 atom stereocenters. The van der Waals surface area contributed by atoms with Gasteiger partial charge in [-0.1, -0.05) is 0 Å². The van der Waals surface area contributed by atoms with Gasteiger partial charge in [0.05, 0.1) is 0 Å². The van der Waals surface area contributed by atoms with E-state index in [1.165, 1.54) is 0 Å². The molecule has 0 radical (unpaired) electrons. The Labute approximate surface area is 107 Å². The van der Waals surface area contributed by atoms with Crippen LogP contribution < -0.4 is 5.32 Å². The van der Waals surface area contributed by atoms with Gasteiger partial charge in [-0.05, 0) is 40.9 Å². The van der Waals surface area contributed by atoms with E-state index in [2.05, 4.69) is 26.2 Å². The monoisotopic (exact) mass is 300 g/mol. The number of nitrogens with one attached hydrogen (secondary N) is 1. The van der Waals surface area contributed by atoms with Gasteiger partial charge in [-0.2, -0.15) is 0 Å². The van der Waals surface area contributed by atoms with Crippen LogP contribution in [0.15, 0.2) is 16.7 Å². The third kappa shape index (κ3) is 4.95. The lowest BCUT2D eigenvalue weighted by Crippen LogP contribution is -2.13. The van der Waals surface area contributed by atoms with Crippen molar-refractivity contribution < 1.29 is 14.7 Å². The molecule has 0 aromatic carbocycles. The Morgan fingerprint density at radius 1 is 1.47 bits per heavy atom. The molecule has 0 aliphatic rings. The molecule has 1 amide bonds. The third-order valence-electron chi connectivity index (χ3n) is 2.10. The predicted octanol–water partition coefficient (Wildman–Crippen LogP) is 2.35. The SMILES string of the molecule is Cc1cc(Br)cnc1NC(=O)CCCC(=O)O. The summed E-state index contributed by atoms with van der Waals surface area (Å²) in [6, 6.07) is 1.85. The van der Waals surface area contributed by atoms with E-state index in [9.17, 15) is 9.59 Å². The fourth-order valence-electron chi connectivity index (χ4n) is 1.27. The summed E-state index contributed by atoms with van der Waals surface area (Å²) >= 11 is 3.28. The van der Waals surface area contributed by atoms with Crippen LogP contribution in [0.1, 0.15) is 24.8 Å². The van der Waals surface area contributed by atoms with Gasteiger partial charge in [-0.3, -0.25) is 9.59 Å². The van der Waals surface area contributed by atoms with Crippen LogP contribution in [-0.2, 0) is 9.59 Å². The maximum absolute atomic E-state index is 11.5. The molecule has 0 aliphatic heterocycles. The van der Waals surface area contributed by atoms with Crippen LogP contribution in [0.2, 0.25) is 0 Å². The summed E-state index contributed by atoms with van der Waals surface area (Å²) in [7, 11) is 0. The Hall–Kier alpha value is -1.43. The highest BCUT2D eigenvalue weighted by Gasteiger charge is 2.07. The van der Waals surface area contributed by atoms with E-state index in [0.29, 0.717) is 12.2 Å². The molecule has 1 rings (SSSR count). The zero-order valence-electron chi connectivity index (χ0n) is 9.36. The van der Waals surface area contributed by atoms with Gasteiger partial charge in [0.2, 0.25) is 5.91 Å². The number of carboxylic acid groups (broad SMARTS) is 1. The van der Waals surface area contributed by atoms with E-state index in [1.54, 1.807) is 6.20 Å². The average molecular weight is 301 g/mol. The molecule has 1 heterocycles. The number of anilines is 1. The molecular formula is C11H13BrN2O3. The Bertz CT molecular complexity index is 435. The lowest BCUT2D eigenvalue weighted by atomic mass is 10.2. The molecular weight excluding hydrogens is 288 g/mol. The van der Waals surface area contributed by atoms with Crippen molar-refractivity contribution in [3.63, 3.8) is 0 Å². The minimum Gasteiger partial charge on any atom is -0.481 e. The maximum Gasteiger partial charge on any atom is 0.303 e. The molecule has 17 heavy (non-hydrogen) atoms.